The minimum Gasteiger partial charge on any atom is -0.461 e. The maximum Gasteiger partial charge on any atom is 0.462 e. The third-order valence-electron chi connectivity index (χ3n) is 2.99. The van der Waals surface area contributed by atoms with Crippen molar-refractivity contribution in [2.75, 3.05) is 0 Å². The van der Waals surface area contributed by atoms with Crippen molar-refractivity contribution >= 4 is 27.1 Å². The second-order valence-electron chi connectivity index (χ2n) is 7.52. The van der Waals surface area contributed by atoms with Crippen molar-refractivity contribution in [1.82, 2.24) is 0 Å². The van der Waals surface area contributed by atoms with E-state index in [-0.39, 0.29) is 12.2 Å². The zero-order chi connectivity index (χ0) is 18.5. The van der Waals surface area contributed by atoms with Crippen molar-refractivity contribution in [3.05, 3.63) is 11.8 Å². The molecule has 1 saturated heterocycles. The first-order valence-corrected chi connectivity index (χ1v) is 12.0. The van der Waals surface area contributed by atoms with Crippen molar-refractivity contribution in [3.8, 4) is 0 Å². The van der Waals surface area contributed by atoms with Crippen molar-refractivity contribution in [2.45, 2.75) is 78.1 Å². The predicted octanol–water partition coefficient (Wildman–Crippen LogP) is 2.60. The minimum absolute atomic E-state index is 0.297. The van der Waals surface area contributed by atoms with Crippen LogP contribution in [0.3, 0.4) is 0 Å². The van der Waals surface area contributed by atoms with Gasteiger partial charge in [-0.25, -0.2) is 9.59 Å². The van der Waals surface area contributed by atoms with Crippen molar-refractivity contribution in [1.29, 1.82) is 0 Å². The van der Waals surface area contributed by atoms with Gasteiger partial charge < -0.3 is 18.8 Å². The molecule has 8 heteroatoms. The molecule has 1 aliphatic rings. The Kier molecular flexibility index (Phi) is 7.69. The lowest BCUT2D eigenvalue weighted by Gasteiger charge is -2.18. The van der Waals surface area contributed by atoms with Crippen LogP contribution in [0.15, 0.2) is 11.8 Å². The van der Waals surface area contributed by atoms with Crippen LogP contribution in [0, 0.1) is 0 Å². The molecule has 0 aromatic heterocycles. The van der Waals surface area contributed by atoms with Gasteiger partial charge in [-0.2, -0.15) is 0 Å². The van der Waals surface area contributed by atoms with Crippen LogP contribution in [0.25, 0.3) is 0 Å². The van der Waals surface area contributed by atoms with Gasteiger partial charge in [0.1, 0.15) is 0 Å². The molecular formula is C16H29BO6Si. The lowest BCUT2D eigenvalue weighted by atomic mass is 9.85. The molecule has 1 fully saturated rings. The molecule has 0 aromatic carbocycles. The van der Waals surface area contributed by atoms with E-state index in [2.05, 4.69) is 25.3 Å². The molecule has 0 radical (unpaired) electrons. The number of carbonyl (C=O) groups excluding carboxylic acids is 2. The normalized spacial score (nSPS) is 21.8. The molecule has 2 atom stereocenters. The highest BCUT2D eigenvalue weighted by atomic mass is 28.3. The molecular weight excluding hydrogens is 327 g/mol. The maximum atomic E-state index is 12.2. The molecule has 1 aliphatic heterocycles. The van der Waals surface area contributed by atoms with Crippen molar-refractivity contribution < 1.29 is 28.4 Å². The first-order chi connectivity index (χ1) is 11.0. The highest BCUT2D eigenvalue weighted by Gasteiger charge is 2.49. The molecule has 6 nitrogen and oxygen atoms in total. The molecule has 1 heterocycles. The second-order valence-corrected chi connectivity index (χ2v) is 12.6. The zero-order valence-corrected chi connectivity index (χ0v) is 16.7. The summed E-state index contributed by atoms with van der Waals surface area (Å²) in [6.45, 7) is 13.6. The van der Waals surface area contributed by atoms with Crippen LogP contribution in [-0.4, -0.2) is 51.5 Å². The van der Waals surface area contributed by atoms with E-state index in [4.69, 9.17) is 18.8 Å². The summed E-state index contributed by atoms with van der Waals surface area (Å²) in [5.41, 5.74) is 2.17. The third kappa shape index (κ3) is 7.19. The highest BCUT2D eigenvalue weighted by Crippen LogP contribution is 2.23. The van der Waals surface area contributed by atoms with E-state index in [9.17, 15) is 9.59 Å². The summed E-state index contributed by atoms with van der Waals surface area (Å²) < 4.78 is 21.6. The summed E-state index contributed by atoms with van der Waals surface area (Å²) >= 11 is 0. The molecule has 24 heavy (non-hydrogen) atoms. The number of allylic oxidation sites excluding steroid dienone is 1. The Morgan fingerprint density at radius 3 is 1.75 bits per heavy atom. The number of ether oxygens (including phenoxy) is 2. The van der Waals surface area contributed by atoms with E-state index < -0.39 is 39.3 Å². The number of hydrogen-bond donors (Lipinski definition) is 0. The Balaban J connectivity index is 2.79. The second kappa shape index (κ2) is 8.82. The quantitative estimate of drug-likeness (QED) is 0.516. The van der Waals surface area contributed by atoms with E-state index in [0.29, 0.717) is 6.32 Å². The maximum absolute atomic E-state index is 12.2. The number of carbonyl (C=O) groups is 2. The molecule has 0 unspecified atom stereocenters. The Hall–Kier alpha value is -1.12. The molecule has 1 rings (SSSR count). The molecule has 0 aromatic rings. The summed E-state index contributed by atoms with van der Waals surface area (Å²) in [6, 6.07) is 0. The fraction of sp³-hybridized carbons (Fsp3) is 0.750. The first kappa shape index (κ1) is 20.9. The summed E-state index contributed by atoms with van der Waals surface area (Å²) in [5, 5.41) is 0. The van der Waals surface area contributed by atoms with Gasteiger partial charge in [0.2, 0.25) is 0 Å². The standard InChI is InChI=1S/C16H29BO6Si/c1-11(2)20-15(18)13-14(16(19)21-12(3)4)23-17(22-13)9-8-10-24(5,6)7/h8,10-14H,9H2,1-7H3/b10-8+/t13-,14-/m1/s1. The summed E-state index contributed by atoms with van der Waals surface area (Å²) in [5.74, 6) is -1.21. The first-order valence-electron chi connectivity index (χ1n) is 8.39. The van der Waals surface area contributed by atoms with Crippen LogP contribution in [0.4, 0.5) is 0 Å². The summed E-state index contributed by atoms with van der Waals surface area (Å²) in [4.78, 5) is 24.4. The van der Waals surface area contributed by atoms with Gasteiger partial charge >= 0.3 is 19.1 Å². The minimum atomic E-state index is -1.33. The van der Waals surface area contributed by atoms with Gasteiger partial charge in [-0.1, -0.05) is 31.4 Å². The molecule has 136 valence electrons. The molecule has 0 saturated carbocycles. The lowest BCUT2D eigenvalue weighted by Crippen LogP contribution is -2.40. The van der Waals surface area contributed by atoms with Crippen LogP contribution in [-0.2, 0) is 28.4 Å². The zero-order valence-electron chi connectivity index (χ0n) is 15.7. The van der Waals surface area contributed by atoms with E-state index in [1.807, 2.05) is 6.08 Å². The van der Waals surface area contributed by atoms with E-state index in [0.717, 1.165) is 0 Å². The van der Waals surface area contributed by atoms with E-state index in [1.165, 1.54) is 0 Å². The van der Waals surface area contributed by atoms with Crippen LogP contribution in [0.1, 0.15) is 27.7 Å². The highest BCUT2D eigenvalue weighted by molar-refractivity contribution is 6.81. The van der Waals surface area contributed by atoms with Gasteiger partial charge in [0, 0.05) is 0 Å². The Morgan fingerprint density at radius 2 is 1.42 bits per heavy atom. The molecule has 0 N–H and O–H groups in total. The van der Waals surface area contributed by atoms with Crippen molar-refractivity contribution in [2.24, 2.45) is 0 Å². The average Bonchev–Trinajstić information content (AvgIpc) is 2.80. The molecule has 0 aliphatic carbocycles. The predicted molar refractivity (Wildman–Crippen MR) is 95.2 cm³/mol. The molecule has 0 amide bonds. The molecule has 0 bridgehead atoms. The van der Waals surface area contributed by atoms with Crippen LogP contribution in [0.5, 0.6) is 0 Å². The van der Waals surface area contributed by atoms with Crippen LogP contribution in [0.2, 0.25) is 26.0 Å². The van der Waals surface area contributed by atoms with Gasteiger partial charge in [0.15, 0.2) is 12.2 Å². The number of esters is 2. The van der Waals surface area contributed by atoms with Gasteiger partial charge in [-0.15, -0.1) is 0 Å². The van der Waals surface area contributed by atoms with Crippen LogP contribution >= 0.6 is 0 Å². The lowest BCUT2D eigenvalue weighted by molar-refractivity contribution is -0.167. The number of rotatable bonds is 7. The third-order valence-corrected chi connectivity index (χ3v) is 4.22. The Labute approximate surface area is 146 Å². The number of hydrogen-bond acceptors (Lipinski definition) is 6. The van der Waals surface area contributed by atoms with Gasteiger partial charge in [-0.05, 0) is 34.0 Å². The van der Waals surface area contributed by atoms with Gasteiger partial charge in [0.05, 0.1) is 20.3 Å². The van der Waals surface area contributed by atoms with Gasteiger partial charge in [0.25, 0.3) is 0 Å². The smallest absolute Gasteiger partial charge is 0.461 e. The monoisotopic (exact) mass is 356 g/mol. The van der Waals surface area contributed by atoms with Crippen molar-refractivity contribution in [3.63, 3.8) is 0 Å². The van der Waals surface area contributed by atoms with Crippen LogP contribution < -0.4 is 0 Å². The molecule has 0 spiro atoms. The Morgan fingerprint density at radius 1 is 1.00 bits per heavy atom. The SMILES string of the molecule is CC(C)OC(=O)[C@@H]1OB(C/C=C/[Si](C)(C)C)O[C@H]1C(=O)OC(C)C. The summed E-state index contributed by atoms with van der Waals surface area (Å²) in [6.07, 6.45) is -0.325. The topological polar surface area (TPSA) is 71.1 Å². The van der Waals surface area contributed by atoms with Gasteiger partial charge in [-0.3, -0.25) is 0 Å². The Bertz CT molecular complexity index is 442. The largest absolute Gasteiger partial charge is 0.462 e. The fourth-order valence-corrected chi connectivity index (χ4v) is 2.95. The average molecular weight is 356 g/mol. The van der Waals surface area contributed by atoms with E-state index >= 15 is 0 Å². The summed E-state index contributed by atoms with van der Waals surface area (Å²) in [7, 11) is -1.99. The van der Waals surface area contributed by atoms with E-state index in [1.54, 1.807) is 27.7 Å². The fourth-order valence-electron chi connectivity index (χ4n) is 2.10.